The quantitative estimate of drug-likeness (QED) is 0.278. The number of allylic oxidation sites excluding steroid dienone is 2. The Morgan fingerprint density at radius 3 is 2.46 bits per heavy atom. The molecule has 2 aromatic carbocycles. The summed E-state index contributed by atoms with van der Waals surface area (Å²) in [6.45, 7) is 0. The second-order valence-electron chi connectivity index (χ2n) is 7.22. The number of furan rings is 1. The number of amides is 1. The largest absolute Gasteiger partial charge is 0.463 e. The Morgan fingerprint density at radius 2 is 1.80 bits per heavy atom. The van der Waals surface area contributed by atoms with Crippen molar-refractivity contribution in [3.8, 4) is 11.5 Å². The van der Waals surface area contributed by atoms with Gasteiger partial charge in [-0.1, -0.05) is 35.9 Å². The number of alkyl halides is 3. The average molecular weight is 500 g/mol. The maximum Gasteiger partial charge on any atom is 0.430 e. The zero-order valence-electron chi connectivity index (χ0n) is 17.8. The molecule has 2 aromatic heterocycles. The van der Waals surface area contributed by atoms with Crippen LogP contribution in [0, 0.1) is 0 Å². The predicted molar refractivity (Wildman–Crippen MR) is 127 cm³/mol. The van der Waals surface area contributed by atoms with Gasteiger partial charge in [0.15, 0.2) is 11.6 Å². The van der Waals surface area contributed by atoms with Crippen LogP contribution in [-0.2, 0) is 0 Å². The van der Waals surface area contributed by atoms with Gasteiger partial charge in [0.1, 0.15) is 11.4 Å². The Bertz CT molecular complexity index is 1390. The Kier molecular flexibility index (Phi) is 6.74. The first-order valence-corrected chi connectivity index (χ1v) is 10.5. The van der Waals surface area contributed by atoms with Crippen molar-refractivity contribution in [2.45, 2.75) is 6.18 Å². The fraction of sp³-hybridized carbons (Fsp3) is 0.0417. The van der Waals surface area contributed by atoms with Crippen molar-refractivity contribution in [2.24, 2.45) is 10.7 Å². The highest BCUT2D eigenvalue weighted by molar-refractivity contribution is 6.33. The van der Waals surface area contributed by atoms with E-state index in [0.29, 0.717) is 17.0 Å². The lowest BCUT2D eigenvalue weighted by Crippen LogP contribution is -2.21. The molecule has 0 fully saturated rings. The second kappa shape index (κ2) is 9.90. The van der Waals surface area contributed by atoms with E-state index >= 15 is 0 Å². The number of carbonyl (C=O) groups is 1. The number of nitrogens with zero attached hydrogens (tertiary/aromatic N) is 2. The molecular formula is C24H17ClF3N5O2. The van der Waals surface area contributed by atoms with Gasteiger partial charge >= 0.3 is 6.18 Å². The van der Waals surface area contributed by atoms with Gasteiger partial charge in [-0.2, -0.15) is 18.3 Å². The molecule has 7 nitrogen and oxygen atoms in total. The van der Waals surface area contributed by atoms with Crippen LogP contribution in [0.2, 0.25) is 5.02 Å². The standard InChI is InChI=1S/C24H17ClF3N5O2/c25-16-4-1-2-5-17(16)30-18(12-21(29)24(26,27)28)14-7-9-15(10-8-14)23(34)31-22-13-19(32-33-22)20-6-3-11-35-20/h1-13H,29H2,(H2,31,32,33,34)/b21-12-,30-18?. The zero-order chi connectivity index (χ0) is 25.0. The van der Waals surface area contributed by atoms with Crippen LogP contribution in [0.15, 0.2) is 94.2 Å². The molecule has 1 amide bonds. The summed E-state index contributed by atoms with van der Waals surface area (Å²) in [6.07, 6.45) is -2.51. The first kappa shape index (κ1) is 23.8. The molecule has 0 aliphatic heterocycles. The van der Waals surface area contributed by atoms with Crippen LogP contribution in [0.25, 0.3) is 11.5 Å². The Hall–Kier alpha value is -4.31. The number of aromatic amines is 1. The number of hydrogen-bond donors (Lipinski definition) is 3. The molecule has 2 heterocycles. The van der Waals surface area contributed by atoms with Crippen molar-refractivity contribution in [1.82, 2.24) is 10.2 Å². The monoisotopic (exact) mass is 499 g/mol. The minimum absolute atomic E-state index is 0.0738. The highest BCUT2D eigenvalue weighted by atomic mass is 35.5. The first-order valence-electron chi connectivity index (χ1n) is 10.1. The van der Waals surface area contributed by atoms with Gasteiger partial charge in [-0.25, -0.2) is 4.99 Å². The molecule has 0 aliphatic carbocycles. The van der Waals surface area contributed by atoms with Crippen LogP contribution in [0.1, 0.15) is 15.9 Å². The topological polar surface area (TPSA) is 109 Å². The summed E-state index contributed by atoms with van der Waals surface area (Å²) in [5.74, 6) is 0.357. The number of nitrogens with one attached hydrogen (secondary N) is 2. The summed E-state index contributed by atoms with van der Waals surface area (Å²) in [4.78, 5) is 16.9. The maximum atomic E-state index is 13.1. The molecule has 0 saturated heterocycles. The van der Waals surface area contributed by atoms with E-state index in [0.717, 1.165) is 6.08 Å². The van der Waals surface area contributed by atoms with Crippen molar-refractivity contribution in [3.05, 3.63) is 101 Å². The Balaban J connectivity index is 1.58. The van der Waals surface area contributed by atoms with Crippen LogP contribution in [0.3, 0.4) is 0 Å². The molecule has 4 rings (SSSR count). The van der Waals surface area contributed by atoms with Crippen LogP contribution in [0.4, 0.5) is 24.7 Å². The van der Waals surface area contributed by atoms with Gasteiger partial charge in [0.25, 0.3) is 5.91 Å². The molecule has 0 spiro atoms. The van der Waals surface area contributed by atoms with Crippen molar-refractivity contribution < 1.29 is 22.4 Å². The van der Waals surface area contributed by atoms with Gasteiger partial charge in [-0.3, -0.25) is 9.89 Å². The van der Waals surface area contributed by atoms with Crippen molar-refractivity contribution in [1.29, 1.82) is 0 Å². The molecule has 11 heteroatoms. The van der Waals surface area contributed by atoms with Gasteiger partial charge in [-0.15, -0.1) is 0 Å². The molecule has 0 bridgehead atoms. The molecule has 0 radical (unpaired) electrons. The number of benzene rings is 2. The lowest BCUT2D eigenvalue weighted by atomic mass is 10.1. The van der Waals surface area contributed by atoms with E-state index in [1.54, 1.807) is 42.5 Å². The number of anilines is 1. The number of para-hydroxylation sites is 1. The van der Waals surface area contributed by atoms with E-state index in [1.165, 1.54) is 30.5 Å². The van der Waals surface area contributed by atoms with Gasteiger partial charge < -0.3 is 15.5 Å². The Labute approximate surface area is 202 Å². The summed E-state index contributed by atoms with van der Waals surface area (Å²) in [5, 5.41) is 9.66. The van der Waals surface area contributed by atoms with Crippen molar-refractivity contribution in [3.63, 3.8) is 0 Å². The van der Waals surface area contributed by atoms with E-state index in [4.69, 9.17) is 21.8 Å². The normalized spacial score (nSPS) is 12.6. The SMILES string of the molecule is N/C(=C\C(=Nc1ccccc1Cl)c1ccc(C(=O)Nc2cc(-c3ccco3)[nH]n2)cc1)C(F)(F)F. The molecule has 178 valence electrons. The van der Waals surface area contributed by atoms with Crippen LogP contribution >= 0.6 is 11.6 Å². The minimum Gasteiger partial charge on any atom is -0.463 e. The van der Waals surface area contributed by atoms with Crippen LogP contribution in [-0.4, -0.2) is 28.0 Å². The van der Waals surface area contributed by atoms with Crippen LogP contribution in [0.5, 0.6) is 0 Å². The third-order valence-electron chi connectivity index (χ3n) is 4.76. The molecule has 0 aliphatic rings. The lowest BCUT2D eigenvalue weighted by Gasteiger charge is -2.10. The number of aliphatic imine (C=N–C) groups is 1. The maximum absolute atomic E-state index is 13.1. The third-order valence-corrected chi connectivity index (χ3v) is 5.08. The lowest BCUT2D eigenvalue weighted by molar-refractivity contribution is -0.0925. The van der Waals surface area contributed by atoms with Gasteiger partial charge in [-0.05, 0) is 42.5 Å². The summed E-state index contributed by atoms with van der Waals surface area (Å²) in [6, 6.07) is 17.3. The third kappa shape index (κ3) is 5.79. The molecule has 0 saturated carbocycles. The molecule has 4 aromatic rings. The number of nitrogens with two attached hydrogens (primary N) is 1. The minimum atomic E-state index is -4.74. The summed E-state index contributed by atoms with van der Waals surface area (Å²) >= 11 is 6.11. The van der Waals surface area contributed by atoms with E-state index in [2.05, 4.69) is 20.5 Å². The van der Waals surface area contributed by atoms with E-state index in [1.807, 2.05) is 0 Å². The number of hydrogen-bond acceptors (Lipinski definition) is 5. The number of carbonyl (C=O) groups excluding carboxylic acids is 1. The fourth-order valence-electron chi connectivity index (χ4n) is 3.01. The number of rotatable bonds is 6. The smallest absolute Gasteiger partial charge is 0.430 e. The van der Waals surface area contributed by atoms with E-state index in [9.17, 15) is 18.0 Å². The van der Waals surface area contributed by atoms with Crippen LogP contribution < -0.4 is 11.1 Å². The summed E-state index contributed by atoms with van der Waals surface area (Å²) in [5.41, 5.74) is 5.22. The number of halogens is 4. The summed E-state index contributed by atoms with van der Waals surface area (Å²) < 4.78 is 44.5. The van der Waals surface area contributed by atoms with Crippen molar-refractivity contribution in [2.75, 3.05) is 5.32 Å². The van der Waals surface area contributed by atoms with Crippen molar-refractivity contribution >= 4 is 34.7 Å². The molecule has 0 atom stereocenters. The molecule has 35 heavy (non-hydrogen) atoms. The van der Waals surface area contributed by atoms with Gasteiger partial charge in [0, 0.05) is 17.2 Å². The average Bonchev–Trinajstić information content (AvgIpc) is 3.51. The summed E-state index contributed by atoms with van der Waals surface area (Å²) in [7, 11) is 0. The molecule has 0 unspecified atom stereocenters. The zero-order valence-corrected chi connectivity index (χ0v) is 18.6. The molecule has 4 N–H and O–H groups in total. The Morgan fingerprint density at radius 1 is 1.09 bits per heavy atom. The van der Waals surface area contributed by atoms with E-state index < -0.39 is 17.8 Å². The molecular weight excluding hydrogens is 483 g/mol. The van der Waals surface area contributed by atoms with Gasteiger partial charge in [0.2, 0.25) is 0 Å². The van der Waals surface area contributed by atoms with Gasteiger partial charge in [0.05, 0.1) is 22.7 Å². The predicted octanol–water partition coefficient (Wildman–Crippen LogP) is 6.10. The second-order valence-corrected chi connectivity index (χ2v) is 7.63. The number of H-pyrrole nitrogens is 1. The highest BCUT2D eigenvalue weighted by Crippen LogP contribution is 2.27. The fourth-order valence-corrected chi connectivity index (χ4v) is 3.18. The first-order chi connectivity index (χ1) is 16.7. The number of aromatic nitrogens is 2. The van der Waals surface area contributed by atoms with E-state index in [-0.39, 0.29) is 27.8 Å². The highest BCUT2D eigenvalue weighted by Gasteiger charge is 2.31.